The zero-order valence-corrected chi connectivity index (χ0v) is 14.9. The SMILES string of the molecule is [Ir].[Ir].[O-2].[O-2].[O-2].[O-2].[O-2].[O-2].[O-2].[Pm].[Pm]. The standard InChI is InChI=1S/2Ir.7O.2Pm/q;;7*-2;;. The van der Waals surface area contributed by atoms with Gasteiger partial charge in [0.15, 0.2) is 0 Å². The fourth-order valence-corrected chi connectivity index (χ4v) is 0. The van der Waals surface area contributed by atoms with Crippen LogP contribution in [0.1, 0.15) is 0 Å². The largest absolute Gasteiger partial charge is 2.00 e. The minimum Gasteiger partial charge on any atom is -2.00 e. The summed E-state index contributed by atoms with van der Waals surface area (Å²) in [7, 11) is 0. The van der Waals surface area contributed by atoms with Gasteiger partial charge >= 0.3 is 0 Å². The second-order valence-corrected chi connectivity index (χ2v) is 0. The van der Waals surface area contributed by atoms with Crippen molar-refractivity contribution in [3.63, 3.8) is 0 Å². The molecule has 7 nitrogen and oxygen atoms in total. The average molecular weight is 786 g/mol. The van der Waals surface area contributed by atoms with Crippen LogP contribution in [-0.4, -0.2) is 0 Å². The average Bonchev–Trinajstić information content (AvgIpc) is 0. The van der Waals surface area contributed by atoms with Gasteiger partial charge in [0.05, 0.1) is 0 Å². The van der Waals surface area contributed by atoms with Gasteiger partial charge in [-0.15, -0.1) is 0 Å². The van der Waals surface area contributed by atoms with Crippen LogP contribution in [0.4, 0.5) is 0 Å². The summed E-state index contributed by atoms with van der Waals surface area (Å²) in [5, 5.41) is 0. The second-order valence-electron chi connectivity index (χ2n) is 0. The van der Waals surface area contributed by atoms with Gasteiger partial charge in [0.2, 0.25) is 0 Å². The molecule has 0 N–H and O–H groups in total. The summed E-state index contributed by atoms with van der Waals surface area (Å²) in [5.41, 5.74) is 0. The van der Waals surface area contributed by atoms with Crippen LogP contribution in [-0.2, 0) is 78.5 Å². The molecule has 0 aromatic carbocycles. The Bertz CT molecular complexity index is 14.4. The Kier molecular flexibility index (Phi) is 2970. The number of hydrogen-bond acceptors (Lipinski definition) is 0. The molecule has 11 heavy (non-hydrogen) atoms. The zero-order chi connectivity index (χ0) is 0. The molecule has 0 spiro atoms. The first kappa shape index (κ1) is 202. The predicted octanol–water partition coefficient (Wildman–Crippen LogP) is -0.837. The second kappa shape index (κ2) is 162. The summed E-state index contributed by atoms with van der Waals surface area (Å²) in [6.45, 7) is 0. The summed E-state index contributed by atoms with van der Waals surface area (Å²) in [5.74, 6) is 0. The summed E-state index contributed by atoms with van der Waals surface area (Å²) < 4.78 is 0. The molecule has 0 aliphatic rings. The molecule has 0 aliphatic heterocycles. The maximum atomic E-state index is 0. The van der Waals surface area contributed by atoms with Gasteiger partial charge in [-0.2, -0.15) is 0 Å². The Hall–Kier alpha value is 3.69. The van der Waals surface area contributed by atoms with Crippen molar-refractivity contribution in [1.82, 2.24) is 0 Å². The van der Waals surface area contributed by atoms with Crippen molar-refractivity contribution in [3.8, 4) is 0 Å². The molecule has 0 saturated carbocycles. The first-order valence-electron chi connectivity index (χ1n) is 0. The minimum atomic E-state index is 0. The van der Waals surface area contributed by atoms with E-state index in [1.54, 1.807) is 0 Å². The molecule has 0 aromatic heterocycles. The molecule has 0 amide bonds. The normalized spacial score (nSPS) is 0. The molecule has 0 saturated heterocycles. The third kappa shape index (κ3) is 137. The quantitative estimate of drug-likeness (QED) is 0.296. The zero-order valence-electron chi connectivity index (χ0n) is 4.42. The van der Waals surface area contributed by atoms with Crippen LogP contribution in [0.2, 0.25) is 0 Å². The fraction of sp³-hybridized carbons (Fsp3) is 0. The monoisotopic (exact) mass is 788 g/mol. The van der Waals surface area contributed by atoms with E-state index in [-0.39, 0.29) is 159 Å². The Morgan fingerprint density at radius 1 is 0.273 bits per heavy atom. The minimum absolute atomic E-state index is 0. The van der Waals surface area contributed by atoms with Gasteiger partial charge in [-0.1, -0.05) is 0 Å². The number of hydrogen-bond donors (Lipinski definition) is 0. The summed E-state index contributed by atoms with van der Waals surface area (Å²) in [6.07, 6.45) is 0. The molecule has 0 bridgehead atoms. The van der Waals surface area contributed by atoms with Crippen LogP contribution >= 0.6 is 0 Å². The van der Waals surface area contributed by atoms with E-state index in [0.717, 1.165) is 0 Å². The van der Waals surface area contributed by atoms with Crippen molar-refractivity contribution in [2.75, 3.05) is 0 Å². The van der Waals surface area contributed by atoms with Crippen molar-refractivity contribution in [1.29, 1.82) is 0 Å². The maximum Gasteiger partial charge on any atom is 0 e. The van der Waals surface area contributed by atoms with E-state index in [9.17, 15) is 0 Å². The third-order valence-corrected chi connectivity index (χ3v) is 0. The van der Waals surface area contributed by atoms with E-state index in [1.807, 2.05) is 0 Å². The molecule has 0 atom stereocenters. The van der Waals surface area contributed by atoms with Crippen molar-refractivity contribution < 1.29 is 159 Å². The molecule has 84 valence electrons. The molecule has 0 rings (SSSR count). The van der Waals surface area contributed by atoms with E-state index in [1.165, 1.54) is 0 Å². The molecule has 0 heterocycles. The molecule has 11 heteroatoms. The van der Waals surface area contributed by atoms with Crippen molar-refractivity contribution in [2.24, 2.45) is 0 Å². The van der Waals surface area contributed by atoms with Gasteiger partial charge in [-0.3, -0.25) is 0 Å². The first-order valence-corrected chi connectivity index (χ1v) is 0. The van der Waals surface area contributed by atoms with Crippen molar-refractivity contribution in [3.05, 3.63) is 0 Å². The maximum absolute atomic E-state index is 0. The van der Waals surface area contributed by atoms with E-state index in [4.69, 9.17) is 0 Å². The molecule has 0 aliphatic carbocycles. The summed E-state index contributed by atoms with van der Waals surface area (Å²) in [6, 6.07) is 0. The molecule has 4 radical (unpaired) electrons. The molecule has 0 fully saturated rings. The van der Waals surface area contributed by atoms with Gasteiger partial charge in [0, 0.05) is 121 Å². The topological polar surface area (TPSA) is 200 Å². The van der Waals surface area contributed by atoms with Crippen molar-refractivity contribution in [2.45, 2.75) is 0 Å². The van der Waals surface area contributed by atoms with Crippen molar-refractivity contribution >= 4 is 0 Å². The first-order chi connectivity index (χ1) is 0. The van der Waals surface area contributed by atoms with Crippen LogP contribution in [0.3, 0.4) is 0 Å². The molecule has 0 unspecified atom stereocenters. The fourth-order valence-electron chi connectivity index (χ4n) is 0. The Morgan fingerprint density at radius 2 is 0.273 bits per heavy atom. The third-order valence-electron chi connectivity index (χ3n) is 0. The molecule has 0 aromatic rings. The van der Waals surface area contributed by atoms with E-state index < -0.39 is 0 Å². The Labute approximate surface area is 156 Å². The van der Waals surface area contributed by atoms with Gasteiger partial charge in [0.1, 0.15) is 0 Å². The van der Waals surface area contributed by atoms with Crippen LogP contribution < -0.4 is 0 Å². The van der Waals surface area contributed by atoms with E-state index in [2.05, 4.69) is 0 Å². The summed E-state index contributed by atoms with van der Waals surface area (Å²) in [4.78, 5) is 0. The Balaban J connectivity index is 0. The van der Waals surface area contributed by atoms with Crippen LogP contribution in [0.25, 0.3) is 0 Å². The summed E-state index contributed by atoms with van der Waals surface area (Å²) >= 11 is 0. The Morgan fingerprint density at radius 3 is 0.273 bits per heavy atom. The van der Waals surface area contributed by atoms with Crippen LogP contribution in [0.15, 0.2) is 0 Å². The molecular formula is Ir2O7Pm2-14. The van der Waals surface area contributed by atoms with Crippen LogP contribution in [0.5, 0.6) is 0 Å². The molecular weight excluding hydrogens is 786 g/mol. The number of rotatable bonds is 0. The van der Waals surface area contributed by atoms with Crippen LogP contribution in [0, 0.1) is 80.8 Å². The van der Waals surface area contributed by atoms with E-state index >= 15 is 0 Å². The van der Waals surface area contributed by atoms with E-state index in [0.29, 0.717) is 0 Å². The van der Waals surface area contributed by atoms with Gasteiger partial charge in [-0.05, 0) is 0 Å². The van der Waals surface area contributed by atoms with Gasteiger partial charge in [-0.25, -0.2) is 0 Å². The van der Waals surface area contributed by atoms with Gasteiger partial charge in [0.25, 0.3) is 0 Å². The smallest absolute Gasteiger partial charge is 0 e. The van der Waals surface area contributed by atoms with Gasteiger partial charge < -0.3 is 38.3 Å². The predicted molar refractivity (Wildman–Crippen MR) is 4.81 cm³/mol.